The van der Waals surface area contributed by atoms with Gasteiger partial charge in [0.1, 0.15) is 6.07 Å². The SMILES string of the molecule is CC(C)(N)CC(=O)N1CCC(c2ccc(NC(=O)c3nc(C#N)cn3OC(=O)C(F)(F)F)c(C3=CCCCC3)c2)CC1. The van der Waals surface area contributed by atoms with E-state index in [4.69, 9.17) is 11.0 Å². The second kappa shape index (κ2) is 12.4. The summed E-state index contributed by atoms with van der Waals surface area (Å²) >= 11 is 0. The number of nitrogens with two attached hydrogens (primary N) is 1. The number of likely N-dealkylation sites (tertiary alicyclic amines) is 1. The minimum absolute atomic E-state index is 0.0332. The highest BCUT2D eigenvalue weighted by Crippen LogP contribution is 2.37. The molecule has 2 aromatic rings. The maximum Gasteiger partial charge on any atom is 0.493 e. The molecule has 0 unspecified atom stereocenters. The molecule has 4 rings (SSSR count). The van der Waals surface area contributed by atoms with Crippen LogP contribution in [0.25, 0.3) is 5.57 Å². The summed E-state index contributed by atoms with van der Waals surface area (Å²) < 4.78 is 38.6. The molecule has 2 heterocycles. The van der Waals surface area contributed by atoms with Gasteiger partial charge in [-0.2, -0.15) is 23.2 Å². The number of halogens is 3. The lowest BCUT2D eigenvalue weighted by Crippen LogP contribution is -2.44. The zero-order valence-electron chi connectivity index (χ0n) is 23.5. The number of amides is 2. The summed E-state index contributed by atoms with van der Waals surface area (Å²) in [6, 6.07) is 7.24. The average Bonchev–Trinajstić information content (AvgIpc) is 3.35. The molecule has 42 heavy (non-hydrogen) atoms. The van der Waals surface area contributed by atoms with Gasteiger partial charge < -0.3 is 20.8 Å². The average molecular weight is 587 g/mol. The van der Waals surface area contributed by atoms with Crippen LogP contribution in [0, 0.1) is 11.3 Å². The minimum atomic E-state index is -5.31. The van der Waals surface area contributed by atoms with Gasteiger partial charge >= 0.3 is 12.1 Å². The van der Waals surface area contributed by atoms with Crippen molar-refractivity contribution >= 4 is 29.0 Å². The van der Waals surface area contributed by atoms with Crippen LogP contribution in [0.4, 0.5) is 18.9 Å². The number of hydrogen-bond acceptors (Lipinski definition) is 7. The van der Waals surface area contributed by atoms with E-state index in [-0.39, 0.29) is 23.0 Å². The molecule has 3 N–H and O–H groups in total. The Morgan fingerprint density at radius 1 is 1.19 bits per heavy atom. The molecular formula is C29H33F3N6O4. The van der Waals surface area contributed by atoms with Gasteiger partial charge in [0.15, 0.2) is 5.69 Å². The molecule has 1 aliphatic carbocycles. The third kappa shape index (κ3) is 7.55. The van der Waals surface area contributed by atoms with E-state index in [0.717, 1.165) is 61.4 Å². The lowest BCUT2D eigenvalue weighted by atomic mass is 9.85. The molecule has 2 aliphatic rings. The number of anilines is 1. The number of benzene rings is 1. The Labute approximate surface area is 241 Å². The predicted octanol–water partition coefficient (Wildman–Crippen LogP) is 4.32. The van der Waals surface area contributed by atoms with Crippen molar-refractivity contribution in [1.29, 1.82) is 5.26 Å². The fourth-order valence-electron chi connectivity index (χ4n) is 5.20. The summed E-state index contributed by atoms with van der Waals surface area (Å²) in [5, 5.41) is 11.8. The second-order valence-corrected chi connectivity index (χ2v) is 11.3. The zero-order chi connectivity index (χ0) is 30.7. The Morgan fingerprint density at radius 2 is 1.90 bits per heavy atom. The Bertz CT molecular complexity index is 1430. The second-order valence-electron chi connectivity index (χ2n) is 11.3. The van der Waals surface area contributed by atoms with Gasteiger partial charge in [-0.3, -0.25) is 9.59 Å². The van der Waals surface area contributed by atoms with Gasteiger partial charge in [-0.1, -0.05) is 12.1 Å². The number of nitrogens with one attached hydrogen (secondary N) is 1. The van der Waals surface area contributed by atoms with Crippen LogP contribution >= 0.6 is 0 Å². The Kier molecular flexibility index (Phi) is 9.06. The van der Waals surface area contributed by atoms with Crippen molar-refractivity contribution in [3.05, 3.63) is 53.1 Å². The lowest BCUT2D eigenvalue weighted by molar-refractivity contribution is -0.200. The first-order valence-corrected chi connectivity index (χ1v) is 13.8. The first-order chi connectivity index (χ1) is 19.7. The van der Waals surface area contributed by atoms with Crippen LogP contribution in [0.2, 0.25) is 0 Å². The lowest BCUT2D eigenvalue weighted by Gasteiger charge is -2.34. The van der Waals surface area contributed by atoms with E-state index in [2.05, 4.69) is 21.2 Å². The van der Waals surface area contributed by atoms with E-state index < -0.39 is 35.1 Å². The first kappa shape index (κ1) is 30.8. The van der Waals surface area contributed by atoms with Crippen molar-refractivity contribution < 1.29 is 32.4 Å². The van der Waals surface area contributed by atoms with E-state index >= 15 is 0 Å². The largest absolute Gasteiger partial charge is 0.493 e. The van der Waals surface area contributed by atoms with Crippen molar-refractivity contribution in [3.8, 4) is 6.07 Å². The molecule has 0 atom stereocenters. The number of carbonyl (C=O) groups excluding carboxylic acids is 3. The quantitative estimate of drug-likeness (QED) is 0.492. The smallest absolute Gasteiger partial charge is 0.343 e. The number of nitriles is 1. The number of alkyl halides is 3. The molecule has 0 radical (unpaired) electrons. The van der Waals surface area contributed by atoms with Gasteiger partial charge in [0, 0.05) is 36.3 Å². The maximum absolute atomic E-state index is 13.2. The molecule has 0 spiro atoms. The summed E-state index contributed by atoms with van der Waals surface area (Å²) in [5.74, 6) is -3.98. The van der Waals surface area contributed by atoms with Crippen molar-refractivity contribution in [1.82, 2.24) is 14.6 Å². The van der Waals surface area contributed by atoms with Crippen molar-refractivity contribution in [2.24, 2.45) is 5.73 Å². The van der Waals surface area contributed by atoms with Crippen LogP contribution in [0.15, 0.2) is 30.5 Å². The number of rotatable bonds is 7. The van der Waals surface area contributed by atoms with Crippen LogP contribution < -0.4 is 15.9 Å². The molecule has 13 heteroatoms. The van der Waals surface area contributed by atoms with E-state index in [1.54, 1.807) is 12.1 Å². The molecule has 10 nitrogen and oxygen atoms in total. The van der Waals surface area contributed by atoms with E-state index in [9.17, 15) is 27.6 Å². The Morgan fingerprint density at radius 3 is 2.50 bits per heavy atom. The molecule has 1 aliphatic heterocycles. The number of imidazole rings is 1. The fraction of sp³-hybridized carbons (Fsp3) is 0.483. The number of carbonyl (C=O) groups is 3. The fourth-order valence-corrected chi connectivity index (χ4v) is 5.20. The van der Waals surface area contributed by atoms with Crippen LogP contribution in [0.1, 0.15) is 92.2 Å². The Balaban J connectivity index is 1.57. The molecule has 1 fully saturated rings. The number of piperidine rings is 1. The normalized spacial score (nSPS) is 16.4. The van der Waals surface area contributed by atoms with Crippen LogP contribution in [-0.4, -0.2) is 57.2 Å². The molecule has 0 bridgehead atoms. The highest BCUT2D eigenvalue weighted by molar-refractivity contribution is 6.03. The molecule has 1 saturated heterocycles. The highest BCUT2D eigenvalue weighted by atomic mass is 19.4. The number of aromatic nitrogens is 2. The van der Waals surface area contributed by atoms with Crippen molar-refractivity contribution in [2.75, 3.05) is 18.4 Å². The molecule has 2 amide bonds. The van der Waals surface area contributed by atoms with Gasteiger partial charge in [0.25, 0.3) is 5.91 Å². The predicted molar refractivity (Wildman–Crippen MR) is 147 cm³/mol. The van der Waals surface area contributed by atoms with Gasteiger partial charge in [-0.05, 0) is 81.6 Å². The van der Waals surface area contributed by atoms with Crippen molar-refractivity contribution in [2.45, 2.75) is 76.4 Å². The van der Waals surface area contributed by atoms with E-state index in [1.165, 1.54) is 0 Å². The minimum Gasteiger partial charge on any atom is -0.343 e. The van der Waals surface area contributed by atoms with Crippen LogP contribution in [0.5, 0.6) is 0 Å². The number of allylic oxidation sites excluding steroid dienone is 2. The topological polar surface area (TPSA) is 143 Å². The zero-order valence-corrected chi connectivity index (χ0v) is 23.5. The van der Waals surface area contributed by atoms with Crippen LogP contribution in [-0.2, 0) is 9.59 Å². The van der Waals surface area contributed by atoms with Gasteiger partial charge in [0.2, 0.25) is 11.7 Å². The maximum atomic E-state index is 13.2. The standard InChI is InChI=1S/C29H33F3N6O4/c1-28(2,34)15-24(39)37-12-10-18(11-13-37)20-8-9-23(22(14-20)19-6-4-3-5-7-19)36-26(40)25-35-21(16-33)17-38(25)42-27(41)29(30,31)32/h6,8-9,14,17-18H,3-5,7,10-13,15,34H2,1-2H3,(H,36,40). The third-order valence-electron chi connectivity index (χ3n) is 7.26. The Hall–Kier alpha value is -4.18. The summed E-state index contributed by atoms with van der Waals surface area (Å²) in [6.07, 6.45) is 2.98. The summed E-state index contributed by atoms with van der Waals surface area (Å²) in [6.45, 7) is 4.86. The molecule has 1 aromatic heterocycles. The first-order valence-electron chi connectivity index (χ1n) is 13.8. The van der Waals surface area contributed by atoms with Gasteiger partial charge in [0.05, 0.1) is 6.20 Å². The monoisotopic (exact) mass is 586 g/mol. The molecule has 224 valence electrons. The summed E-state index contributed by atoms with van der Waals surface area (Å²) in [5.41, 5.74) is 8.30. The molecule has 0 saturated carbocycles. The van der Waals surface area contributed by atoms with Gasteiger partial charge in [-0.25, -0.2) is 9.78 Å². The number of hydrogen-bond donors (Lipinski definition) is 2. The summed E-state index contributed by atoms with van der Waals surface area (Å²) in [4.78, 5) is 47.0. The molecule has 1 aromatic carbocycles. The highest BCUT2D eigenvalue weighted by Gasteiger charge is 2.42. The molecular weight excluding hydrogens is 553 g/mol. The van der Waals surface area contributed by atoms with Gasteiger partial charge in [-0.15, -0.1) is 0 Å². The summed E-state index contributed by atoms with van der Waals surface area (Å²) in [7, 11) is 0. The van der Waals surface area contributed by atoms with E-state index in [0.29, 0.717) is 18.8 Å². The number of nitrogens with zero attached hydrogens (tertiary/aromatic N) is 4. The van der Waals surface area contributed by atoms with Crippen molar-refractivity contribution in [3.63, 3.8) is 0 Å². The third-order valence-corrected chi connectivity index (χ3v) is 7.26. The van der Waals surface area contributed by atoms with E-state index in [1.807, 2.05) is 30.9 Å². The van der Waals surface area contributed by atoms with Crippen LogP contribution in [0.3, 0.4) is 0 Å².